The summed E-state index contributed by atoms with van der Waals surface area (Å²) in [5, 5.41) is 0. The van der Waals surface area contributed by atoms with Crippen molar-refractivity contribution in [3.05, 3.63) is 48.6 Å². The summed E-state index contributed by atoms with van der Waals surface area (Å²) in [6.45, 7) is 6.51. The maximum atomic E-state index is 12.7. The normalized spacial score (nSPS) is 12.4. The lowest BCUT2D eigenvalue weighted by molar-refractivity contribution is -0.167. The van der Waals surface area contributed by atoms with Crippen LogP contribution in [0.3, 0.4) is 0 Å². The summed E-state index contributed by atoms with van der Waals surface area (Å²) in [5.41, 5.74) is 0. The molecule has 6 heteroatoms. The van der Waals surface area contributed by atoms with Gasteiger partial charge in [0.15, 0.2) is 6.10 Å². The van der Waals surface area contributed by atoms with E-state index < -0.39 is 6.10 Å². The van der Waals surface area contributed by atoms with E-state index in [0.717, 1.165) is 70.6 Å². The fraction of sp³-hybridized carbons (Fsp3) is 0.776. The van der Waals surface area contributed by atoms with Gasteiger partial charge >= 0.3 is 17.9 Å². The van der Waals surface area contributed by atoms with Gasteiger partial charge in [0.1, 0.15) is 13.2 Å². The molecule has 0 heterocycles. The van der Waals surface area contributed by atoms with E-state index in [1.807, 2.05) is 0 Å². The van der Waals surface area contributed by atoms with Gasteiger partial charge in [0.25, 0.3) is 0 Å². The largest absolute Gasteiger partial charge is 0.462 e. The van der Waals surface area contributed by atoms with Gasteiger partial charge in [-0.2, -0.15) is 0 Å². The van der Waals surface area contributed by atoms with E-state index in [1.165, 1.54) is 109 Å². The SMILES string of the molecule is CCCC/C=C\CCCCCCCC(=O)OC(COC(=O)CCC/C=C\C/C=C\C/C=C\CCCCCCCC)COC(=O)CCCCCCCCCCC. The Bertz CT molecular complexity index is 980. The van der Waals surface area contributed by atoms with Crippen molar-refractivity contribution in [3.63, 3.8) is 0 Å². The molecule has 0 amide bonds. The number of carbonyl (C=O) groups excluding carboxylic acids is 3. The summed E-state index contributed by atoms with van der Waals surface area (Å²) >= 11 is 0. The van der Waals surface area contributed by atoms with Gasteiger partial charge in [0, 0.05) is 19.3 Å². The second kappa shape index (κ2) is 44.1. The summed E-state index contributed by atoms with van der Waals surface area (Å²) in [7, 11) is 0. The van der Waals surface area contributed by atoms with Crippen LogP contribution in [0.2, 0.25) is 0 Å². The number of esters is 3. The van der Waals surface area contributed by atoms with E-state index in [1.54, 1.807) is 0 Å². The lowest BCUT2D eigenvalue weighted by Gasteiger charge is -2.18. The van der Waals surface area contributed by atoms with Gasteiger partial charge in [-0.15, -0.1) is 0 Å². The topological polar surface area (TPSA) is 78.9 Å². The summed E-state index contributed by atoms with van der Waals surface area (Å²) in [6, 6.07) is 0. The Labute approximate surface area is 339 Å². The highest BCUT2D eigenvalue weighted by molar-refractivity contribution is 5.71. The van der Waals surface area contributed by atoms with Crippen LogP contribution in [0.5, 0.6) is 0 Å². The molecule has 0 aliphatic rings. The third-order valence-electron chi connectivity index (χ3n) is 9.81. The summed E-state index contributed by atoms with van der Waals surface area (Å²) in [5.74, 6) is -0.960. The van der Waals surface area contributed by atoms with Crippen LogP contribution < -0.4 is 0 Å². The van der Waals surface area contributed by atoms with Gasteiger partial charge < -0.3 is 14.2 Å². The Morgan fingerprint density at radius 1 is 0.364 bits per heavy atom. The van der Waals surface area contributed by atoms with Crippen LogP contribution in [0.25, 0.3) is 0 Å². The fourth-order valence-electron chi connectivity index (χ4n) is 6.26. The molecule has 1 atom stereocenters. The predicted octanol–water partition coefficient (Wildman–Crippen LogP) is 14.8. The first-order valence-electron chi connectivity index (χ1n) is 23.1. The van der Waals surface area contributed by atoms with E-state index in [0.29, 0.717) is 19.3 Å². The Hall–Kier alpha value is -2.63. The van der Waals surface area contributed by atoms with Crippen LogP contribution in [0.4, 0.5) is 0 Å². The second-order valence-corrected chi connectivity index (χ2v) is 15.3. The van der Waals surface area contributed by atoms with E-state index >= 15 is 0 Å². The predicted molar refractivity (Wildman–Crippen MR) is 233 cm³/mol. The van der Waals surface area contributed by atoms with Crippen molar-refractivity contribution in [2.24, 2.45) is 0 Å². The van der Waals surface area contributed by atoms with Gasteiger partial charge in [-0.3, -0.25) is 14.4 Å². The highest BCUT2D eigenvalue weighted by atomic mass is 16.6. The number of hydrogen-bond donors (Lipinski definition) is 0. The molecule has 55 heavy (non-hydrogen) atoms. The Kier molecular flexibility index (Phi) is 42.0. The molecule has 0 aliphatic carbocycles. The molecule has 318 valence electrons. The van der Waals surface area contributed by atoms with Crippen LogP contribution >= 0.6 is 0 Å². The lowest BCUT2D eigenvalue weighted by Crippen LogP contribution is -2.30. The van der Waals surface area contributed by atoms with E-state index in [-0.39, 0.29) is 37.5 Å². The zero-order chi connectivity index (χ0) is 40.1. The molecule has 0 N–H and O–H groups in total. The summed E-state index contributed by atoms with van der Waals surface area (Å²) in [6.07, 6.45) is 51.0. The monoisotopic (exact) mass is 771 g/mol. The van der Waals surface area contributed by atoms with Crippen LogP contribution in [-0.4, -0.2) is 37.2 Å². The molecular weight excluding hydrogens is 685 g/mol. The lowest BCUT2D eigenvalue weighted by atomic mass is 10.1. The average Bonchev–Trinajstić information content (AvgIpc) is 3.18. The Balaban J connectivity index is 4.42. The number of allylic oxidation sites excluding steroid dienone is 8. The Morgan fingerprint density at radius 2 is 0.691 bits per heavy atom. The first-order valence-corrected chi connectivity index (χ1v) is 23.1. The zero-order valence-corrected chi connectivity index (χ0v) is 36.2. The van der Waals surface area contributed by atoms with E-state index in [9.17, 15) is 14.4 Å². The quantitative estimate of drug-likeness (QED) is 0.0267. The maximum Gasteiger partial charge on any atom is 0.306 e. The molecule has 0 bridgehead atoms. The molecule has 0 saturated heterocycles. The highest BCUT2D eigenvalue weighted by Gasteiger charge is 2.19. The average molecular weight is 771 g/mol. The smallest absolute Gasteiger partial charge is 0.306 e. The molecule has 6 nitrogen and oxygen atoms in total. The fourth-order valence-corrected chi connectivity index (χ4v) is 6.26. The minimum absolute atomic E-state index is 0.0910. The van der Waals surface area contributed by atoms with Crippen LogP contribution in [-0.2, 0) is 28.6 Å². The third-order valence-corrected chi connectivity index (χ3v) is 9.81. The standard InChI is InChI=1S/C49H86O6/c1-4-7-10-13-16-19-21-22-23-24-25-26-28-30-33-36-39-42-48(51)54-45-46(44-53-47(50)41-38-35-32-29-18-15-12-9-6-3)55-49(52)43-40-37-34-31-27-20-17-14-11-8-5-2/h14,17,22-23,25-26,30,33,46H,4-13,15-16,18-21,24,27-29,31-32,34-45H2,1-3H3/b17-14-,23-22-,26-25-,33-30-. The summed E-state index contributed by atoms with van der Waals surface area (Å²) in [4.78, 5) is 37.6. The van der Waals surface area contributed by atoms with Crippen LogP contribution in [0, 0.1) is 0 Å². The number of carbonyl (C=O) groups is 3. The zero-order valence-electron chi connectivity index (χ0n) is 36.2. The third kappa shape index (κ3) is 42.4. The van der Waals surface area contributed by atoms with E-state index in [4.69, 9.17) is 14.2 Å². The van der Waals surface area contributed by atoms with Crippen molar-refractivity contribution in [3.8, 4) is 0 Å². The van der Waals surface area contributed by atoms with Crippen molar-refractivity contribution >= 4 is 17.9 Å². The molecule has 0 aliphatic heterocycles. The maximum absolute atomic E-state index is 12.7. The number of unbranched alkanes of at least 4 members (excludes halogenated alkanes) is 22. The first kappa shape index (κ1) is 52.4. The molecule has 0 aromatic heterocycles. The van der Waals surface area contributed by atoms with Crippen LogP contribution in [0.15, 0.2) is 48.6 Å². The molecule has 0 aromatic carbocycles. The molecule has 0 aromatic rings. The van der Waals surface area contributed by atoms with Crippen molar-refractivity contribution in [2.45, 2.75) is 232 Å². The minimum Gasteiger partial charge on any atom is -0.462 e. The Morgan fingerprint density at radius 3 is 1.16 bits per heavy atom. The molecule has 0 fully saturated rings. The summed E-state index contributed by atoms with van der Waals surface area (Å²) < 4.78 is 16.6. The van der Waals surface area contributed by atoms with Gasteiger partial charge in [-0.1, -0.05) is 185 Å². The van der Waals surface area contributed by atoms with Crippen molar-refractivity contribution in [1.29, 1.82) is 0 Å². The van der Waals surface area contributed by atoms with Crippen molar-refractivity contribution in [1.82, 2.24) is 0 Å². The molecular formula is C49H86O6. The first-order chi connectivity index (χ1) is 27.0. The number of ether oxygens (including phenoxy) is 3. The van der Waals surface area contributed by atoms with Crippen LogP contribution in [0.1, 0.15) is 226 Å². The molecule has 1 unspecified atom stereocenters. The molecule has 0 spiro atoms. The second-order valence-electron chi connectivity index (χ2n) is 15.3. The number of hydrogen-bond acceptors (Lipinski definition) is 6. The highest BCUT2D eigenvalue weighted by Crippen LogP contribution is 2.13. The van der Waals surface area contributed by atoms with Gasteiger partial charge in [0.05, 0.1) is 0 Å². The van der Waals surface area contributed by atoms with E-state index in [2.05, 4.69) is 69.4 Å². The van der Waals surface area contributed by atoms with Crippen molar-refractivity contribution < 1.29 is 28.6 Å². The van der Waals surface area contributed by atoms with Crippen molar-refractivity contribution in [2.75, 3.05) is 13.2 Å². The molecule has 0 saturated carbocycles. The number of rotatable bonds is 41. The minimum atomic E-state index is -0.792. The van der Waals surface area contributed by atoms with Gasteiger partial charge in [-0.25, -0.2) is 0 Å². The van der Waals surface area contributed by atoms with Gasteiger partial charge in [-0.05, 0) is 70.6 Å². The molecule has 0 rings (SSSR count). The van der Waals surface area contributed by atoms with Gasteiger partial charge in [0.2, 0.25) is 0 Å². The molecule has 0 radical (unpaired) electrons.